The van der Waals surface area contributed by atoms with Gasteiger partial charge in [0.2, 0.25) is 0 Å². The summed E-state index contributed by atoms with van der Waals surface area (Å²) in [5.41, 5.74) is 4.49. The maximum Gasteiger partial charge on any atom is 0.337 e. The summed E-state index contributed by atoms with van der Waals surface area (Å²) in [6.07, 6.45) is 3.70. The Morgan fingerprint density at radius 2 is 0.900 bits per heavy atom. The lowest BCUT2D eigenvalue weighted by Crippen LogP contribution is -2.15. The second-order valence-corrected chi connectivity index (χ2v) is 9.19. The molecule has 0 saturated heterocycles. The summed E-state index contributed by atoms with van der Waals surface area (Å²) in [4.78, 5) is 48.3. The molecule has 4 rings (SSSR count). The number of anilines is 2. The molecule has 0 heterocycles. The van der Waals surface area contributed by atoms with Crippen molar-refractivity contribution in [1.29, 1.82) is 0 Å². The minimum atomic E-state index is -1.12. The van der Waals surface area contributed by atoms with E-state index in [1.165, 1.54) is 12.1 Å². The number of aryl methyl sites for hydroxylation is 2. The van der Waals surface area contributed by atoms with Crippen molar-refractivity contribution in [3.05, 3.63) is 129 Å². The van der Waals surface area contributed by atoms with E-state index in [-0.39, 0.29) is 22.5 Å². The molecule has 0 aromatic heterocycles. The van der Waals surface area contributed by atoms with Crippen LogP contribution in [0.2, 0.25) is 0 Å². The minimum absolute atomic E-state index is 0.0246. The van der Waals surface area contributed by atoms with Crippen LogP contribution in [0.5, 0.6) is 0 Å². The van der Waals surface area contributed by atoms with Crippen LogP contribution in [0, 0.1) is 13.8 Å². The summed E-state index contributed by atoms with van der Waals surface area (Å²) in [5, 5.41) is 24.1. The van der Waals surface area contributed by atoms with Crippen LogP contribution in [0.25, 0.3) is 12.2 Å². The van der Waals surface area contributed by atoms with Crippen molar-refractivity contribution >= 4 is 47.3 Å². The van der Waals surface area contributed by atoms with Gasteiger partial charge >= 0.3 is 11.9 Å². The van der Waals surface area contributed by atoms with Crippen molar-refractivity contribution < 1.29 is 29.4 Å². The van der Waals surface area contributed by atoms with E-state index in [0.717, 1.165) is 22.3 Å². The molecule has 8 heteroatoms. The maximum atomic E-state index is 12.6. The number of aromatic carboxylic acids is 2. The van der Waals surface area contributed by atoms with Gasteiger partial charge in [-0.15, -0.1) is 0 Å². The zero-order valence-electron chi connectivity index (χ0n) is 21.8. The summed E-state index contributed by atoms with van der Waals surface area (Å²) in [7, 11) is 0. The molecule has 0 aliphatic rings. The van der Waals surface area contributed by atoms with Crippen LogP contribution in [0.4, 0.5) is 11.4 Å². The number of amides is 2. The third-order valence-electron chi connectivity index (χ3n) is 6.12. The molecule has 0 bridgehead atoms. The van der Waals surface area contributed by atoms with Crippen LogP contribution in [-0.4, -0.2) is 34.0 Å². The van der Waals surface area contributed by atoms with Crippen molar-refractivity contribution in [2.24, 2.45) is 0 Å². The number of carboxylic acid groups (broad SMARTS) is 2. The average molecular weight is 535 g/mol. The summed E-state index contributed by atoms with van der Waals surface area (Å²) >= 11 is 0. The zero-order chi connectivity index (χ0) is 28.8. The molecule has 0 unspecified atom stereocenters. The van der Waals surface area contributed by atoms with Gasteiger partial charge in [-0.2, -0.15) is 0 Å². The van der Waals surface area contributed by atoms with Gasteiger partial charge in [-0.3, -0.25) is 9.59 Å². The maximum absolute atomic E-state index is 12.6. The lowest BCUT2D eigenvalue weighted by atomic mass is 10.1. The van der Waals surface area contributed by atoms with Crippen molar-refractivity contribution in [3.8, 4) is 0 Å². The van der Waals surface area contributed by atoms with Crippen LogP contribution in [0.15, 0.2) is 84.9 Å². The Bertz CT molecular complexity index is 1510. The SMILES string of the molecule is Cc1ccc(NC(=O)c2ccc(/C=C/c3ccc(C(=O)Nc4ccc(C)cc4C(=O)O)cc3)cc2)c(C(=O)O)c1. The van der Waals surface area contributed by atoms with E-state index in [0.29, 0.717) is 11.1 Å². The van der Waals surface area contributed by atoms with E-state index in [1.807, 2.05) is 12.2 Å². The van der Waals surface area contributed by atoms with Crippen LogP contribution in [-0.2, 0) is 0 Å². The number of carbonyl (C=O) groups is 4. The van der Waals surface area contributed by atoms with Gasteiger partial charge < -0.3 is 20.8 Å². The highest BCUT2D eigenvalue weighted by atomic mass is 16.4. The molecule has 0 spiro atoms. The van der Waals surface area contributed by atoms with Gasteiger partial charge in [-0.05, 0) is 73.5 Å². The topological polar surface area (TPSA) is 133 Å². The standard InChI is InChI=1S/C32H26N2O6/c1-19-3-15-27(25(17-19)31(37)38)33-29(35)23-11-7-21(8-12-23)5-6-22-9-13-24(14-10-22)30(36)34-28-16-4-20(2)18-26(28)32(39)40/h3-18H,1-2H3,(H,33,35)(H,34,36)(H,37,38)(H,39,40)/b6-5+. The van der Waals surface area contributed by atoms with E-state index < -0.39 is 23.8 Å². The lowest BCUT2D eigenvalue weighted by Gasteiger charge is -2.10. The second-order valence-electron chi connectivity index (χ2n) is 9.19. The number of benzene rings is 4. The third kappa shape index (κ3) is 6.68. The zero-order valence-corrected chi connectivity index (χ0v) is 21.8. The van der Waals surface area contributed by atoms with Crippen LogP contribution >= 0.6 is 0 Å². The van der Waals surface area contributed by atoms with Crippen molar-refractivity contribution in [2.45, 2.75) is 13.8 Å². The molecule has 0 aliphatic heterocycles. The molecular weight excluding hydrogens is 508 g/mol. The van der Waals surface area contributed by atoms with Crippen molar-refractivity contribution in [1.82, 2.24) is 0 Å². The first-order chi connectivity index (χ1) is 19.1. The molecule has 4 aromatic carbocycles. The van der Waals surface area contributed by atoms with Crippen molar-refractivity contribution in [3.63, 3.8) is 0 Å². The predicted octanol–water partition coefficient (Wildman–Crippen LogP) is 6.37. The van der Waals surface area contributed by atoms with Crippen LogP contribution < -0.4 is 10.6 Å². The average Bonchev–Trinajstić information content (AvgIpc) is 2.94. The number of nitrogens with one attached hydrogen (secondary N) is 2. The highest BCUT2D eigenvalue weighted by Gasteiger charge is 2.15. The van der Waals surface area contributed by atoms with E-state index in [9.17, 15) is 29.4 Å². The van der Waals surface area contributed by atoms with Gasteiger partial charge in [0.25, 0.3) is 11.8 Å². The van der Waals surface area contributed by atoms with Crippen LogP contribution in [0.3, 0.4) is 0 Å². The van der Waals surface area contributed by atoms with Gasteiger partial charge in [-0.25, -0.2) is 9.59 Å². The Balaban J connectivity index is 1.39. The molecule has 0 radical (unpaired) electrons. The molecule has 0 fully saturated rings. The minimum Gasteiger partial charge on any atom is -0.478 e. The first-order valence-corrected chi connectivity index (χ1v) is 12.3. The summed E-state index contributed by atoms with van der Waals surface area (Å²) in [6.45, 7) is 3.56. The normalized spacial score (nSPS) is 10.8. The first kappa shape index (κ1) is 27.5. The quantitative estimate of drug-likeness (QED) is 0.194. The monoisotopic (exact) mass is 534 g/mol. The molecule has 200 valence electrons. The van der Waals surface area contributed by atoms with E-state index >= 15 is 0 Å². The Hall–Kier alpha value is -5.50. The molecule has 0 saturated carbocycles. The fourth-order valence-electron chi connectivity index (χ4n) is 3.96. The Morgan fingerprint density at radius 3 is 1.23 bits per heavy atom. The predicted molar refractivity (Wildman–Crippen MR) is 154 cm³/mol. The molecular formula is C32H26N2O6. The van der Waals surface area contributed by atoms with E-state index in [4.69, 9.17) is 0 Å². The van der Waals surface area contributed by atoms with Crippen molar-refractivity contribution in [2.75, 3.05) is 10.6 Å². The first-order valence-electron chi connectivity index (χ1n) is 12.3. The van der Waals surface area contributed by atoms with Gasteiger partial charge in [0.15, 0.2) is 0 Å². The highest BCUT2D eigenvalue weighted by molar-refractivity contribution is 6.08. The molecule has 8 nitrogen and oxygen atoms in total. The van der Waals surface area contributed by atoms with Crippen LogP contribution in [0.1, 0.15) is 63.7 Å². The largest absolute Gasteiger partial charge is 0.478 e. The van der Waals surface area contributed by atoms with Gasteiger partial charge in [0, 0.05) is 11.1 Å². The Kier molecular flexibility index (Phi) is 8.20. The third-order valence-corrected chi connectivity index (χ3v) is 6.12. The summed E-state index contributed by atoms with van der Waals surface area (Å²) in [6, 6.07) is 23.3. The molecule has 0 atom stereocenters. The molecule has 4 aromatic rings. The number of carbonyl (C=O) groups excluding carboxylic acids is 2. The Labute approximate surface area is 230 Å². The van der Waals surface area contributed by atoms with E-state index in [2.05, 4.69) is 10.6 Å². The molecule has 40 heavy (non-hydrogen) atoms. The number of carboxylic acids is 2. The molecule has 4 N–H and O–H groups in total. The summed E-state index contributed by atoms with van der Waals surface area (Å²) < 4.78 is 0. The van der Waals surface area contributed by atoms with Gasteiger partial charge in [-0.1, -0.05) is 59.7 Å². The molecule has 0 aliphatic carbocycles. The summed E-state index contributed by atoms with van der Waals surface area (Å²) in [5.74, 6) is -3.08. The highest BCUT2D eigenvalue weighted by Crippen LogP contribution is 2.20. The fourth-order valence-corrected chi connectivity index (χ4v) is 3.96. The molecule has 2 amide bonds. The lowest BCUT2D eigenvalue weighted by molar-refractivity contribution is 0.0686. The second kappa shape index (κ2) is 11.9. The number of hydrogen-bond donors (Lipinski definition) is 4. The Morgan fingerprint density at radius 1 is 0.550 bits per heavy atom. The fraction of sp³-hybridized carbons (Fsp3) is 0.0625. The number of rotatable bonds is 8. The van der Waals surface area contributed by atoms with Gasteiger partial charge in [0.1, 0.15) is 0 Å². The smallest absolute Gasteiger partial charge is 0.337 e. The van der Waals surface area contributed by atoms with E-state index in [1.54, 1.807) is 86.6 Å². The van der Waals surface area contributed by atoms with Gasteiger partial charge in [0.05, 0.1) is 22.5 Å². The number of hydrogen-bond acceptors (Lipinski definition) is 4.